The van der Waals surface area contributed by atoms with Crippen LogP contribution in [0.2, 0.25) is 0 Å². The van der Waals surface area contributed by atoms with E-state index in [-0.39, 0.29) is 5.63 Å². The summed E-state index contributed by atoms with van der Waals surface area (Å²) in [5, 5.41) is 1.27. The molecule has 0 amide bonds. The molecule has 2 aromatic carbocycles. The summed E-state index contributed by atoms with van der Waals surface area (Å²) in [6.45, 7) is 8.03. The zero-order valence-corrected chi connectivity index (χ0v) is 13.3. The summed E-state index contributed by atoms with van der Waals surface area (Å²) in [5.74, 6) is 1.05. The minimum Gasteiger partial charge on any atom is -0.485 e. The standard InChI is InChI=1S/C20H18O3/c1-4-11-22-18-15-7-5-6-8-16(15)20(21)23-19(18)17-12-13(2)9-10-14(17)3/h4-10,12H,1,11H2,2-3H3. The lowest BCUT2D eigenvalue weighted by Crippen LogP contribution is -2.05. The molecule has 0 bridgehead atoms. The van der Waals surface area contributed by atoms with Crippen LogP contribution >= 0.6 is 0 Å². The van der Waals surface area contributed by atoms with Gasteiger partial charge in [0.1, 0.15) is 6.61 Å². The third-order valence-corrected chi connectivity index (χ3v) is 3.78. The molecule has 0 N–H and O–H groups in total. The lowest BCUT2D eigenvalue weighted by atomic mass is 10.0. The molecule has 0 aliphatic heterocycles. The van der Waals surface area contributed by atoms with E-state index in [1.54, 1.807) is 12.1 Å². The Balaban J connectivity index is 2.37. The first-order chi connectivity index (χ1) is 11.1. The summed E-state index contributed by atoms with van der Waals surface area (Å²) >= 11 is 0. The molecule has 0 saturated carbocycles. The first kappa shape index (κ1) is 15.1. The Bertz CT molecular complexity index is 935. The molecule has 1 heterocycles. The van der Waals surface area contributed by atoms with Crippen molar-refractivity contribution < 1.29 is 9.15 Å². The van der Waals surface area contributed by atoms with Crippen LogP contribution in [0.15, 0.2) is 64.3 Å². The van der Waals surface area contributed by atoms with Crippen molar-refractivity contribution in [3.63, 3.8) is 0 Å². The van der Waals surface area contributed by atoms with Gasteiger partial charge in [0, 0.05) is 10.9 Å². The van der Waals surface area contributed by atoms with Crippen LogP contribution in [0.4, 0.5) is 0 Å². The highest BCUT2D eigenvalue weighted by Gasteiger charge is 2.18. The molecular weight excluding hydrogens is 288 g/mol. The lowest BCUT2D eigenvalue weighted by Gasteiger charge is -2.14. The molecular formula is C20H18O3. The van der Waals surface area contributed by atoms with E-state index in [0.717, 1.165) is 22.1 Å². The molecule has 3 nitrogen and oxygen atoms in total. The molecule has 0 atom stereocenters. The predicted molar refractivity (Wildman–Crippen MR) is 93.1 cm³/mol. The fourth-order valence-electron chi connectivity index (χ4n) is 2.62. The number of aryl methyl sites for hydroxylation is 2. The van der Waals surface area contributed by atoms with Gasteiger partial charge >= 0.3 is 5.63 Å². The van der Waals surface area contributed by atoms with Gasteiger partial charge in [-0.05, 0) is 31.5 Å². The lowest BCUT2D eigenvalue weighted by molar-refractivity contribution is 0.354. The Morgan fingerprint density at radius 2 is 1.87 bits per heavy atom. The van der Waals surface area contributed by atoms with Crippen LogP contribution in [0.1, 0.15) is 11.1 Å². The second-order valence-corrected chi connectivity index (χ2v) is 5.51. The summed E-state index contributed by atoms with van der Waals surface area (Å²) in [6.07, 6.45) is 1.67. The van der Waals surface area contributed by atoms with E-state index in [1.165, 1.54) is 0 Å². The van der Waals surface area contributed by atoms with Gasteiger partial charge < -0.3 is 9.15 Å². The monoisotopic (exact) mass is 306 g/mol. The minimum atomic E-state index is -0.359. The number of ether oxygens (including phenoxy) is 1. The SMILES string of the molecule is C=CCOc1c(-c2cc(C)ccc2C)oc(=O)c2ccccc12. The van der Waals surface area contributed by atoms with Gasteiger partial charge in [-0.15, -0.1) is 0 Å². The van der Waals surface area contributed by atoms with Gasteiger partial charge in [-0.25, -0.2) is 4.79 Å². The van der Waals surface area contributed by atoms with E-state index in [4.69, 9.17) is 9.15 Å². The van der Waals surface area contributed by atoms with E-state index >= 15 is 0 Å². The van der Waals surface area contributed by atoms with Crippen molar-refractivity contribution in [2.75, 3.05) is 6.61 Å². The van der Waals surface area contributed by atoms with Crippen molar-refractivity contribution in [3.05, 3.63) is 76.7 Å². The van der Waals surface area contributed by atoms with Crippen molar-refractivity contribution in [1.29, 1.82) is 0 Å². The van der Waals surface area contributed by atoms with Crippen molar-refractivity contribution >= 4 is 10.8 Å². The molecule has 0 spiro atoms. The Kier molecular flexibility index (Phi) is 4.02. The van der Waals surface area contributed by atoms with Gasteiger partial charge in [0.25, 0.3) is 0 Å². The van der Waals surface area contributed by atoms with E-state index in [1.807, 2.05) is 50.2 Å². The Morgan fingerprint density at radius 1 is 1.13 bits per heavy atom. The van der Waals surface area contributed by atoms with Gasteiger partial charge in [0.2, 0.25) is 0 Å². The number of rotatable bonds is 4. The van der Waals surface area contributed by atoms with Crippen LogP contribution in [0.25, 0.3) is 22.1 Å². The molecule has 0 fully saturated rings. The zero-order chi connectivity index (χ0) is 16.4. The summed E-state index contributed by atoms with van der Waals surface area (Å²) in [4.78, 5) is 12.4. The zero-order valence-electron chi connectivity index (χ0n) is 13.3. The molecule has 0 saturated heterocycles. The third kappa shape index (κ3) is 2.78. The Morgan fingerprint density at radius 3 is 2.61 bits per heavy atom. The number of hydrogen-bond donors (Lipinski definition) is 0. The quantitative estimate of drug-likeness (QED) is 0.659. The van der Waals surface area contributed by atoms with Crippen LogP contribution in [0, 0.1) is 13.8 Å². The Labute approximate surface area is 134 Å². The fourth-order valence-corrected chi connectivity index (χ4v) is 2.62. The van der Waals surface area contributed by atoms with E-state index in [0.29, 0.717) is 23.5 Å². The highest BCUT2D eigenvalue weighted by atomic mass is 16.5. The van der Waals surface area contributed by atoms with Crippen LogP contribution in [-0.4, -0.2) is 6.61 Å². The van der Waals surface area contributed by atoms with Gasteiger partial charge in [-0.2, -0.15) is 0 Å². The summed E-state index contributed by atoms with van der Waals surface area (Å²) in [5.41, 5.74) is 2.63. The van der Waals surface area contributed by atoms with Crippen molar-refractivity contribution in [1.82, 2.24) is 0 Å². The second-order valence-electron chi connectivity index (χ2n) is 5.51. The predicted octanol–water partition coefficient (Wildman–Crippen LogP) is 4.64. The van der Waals surface area contributed by atoms with Crippen molar-refractivity contribution in [3.8, 4) is 17.1 Å². The third-order valence-electron chi connectivity index (χ3n) is 3.78. The molecule has 0 aliphatic rings. The van der Waals surface area contributed by atoms with Gasteiger partial charge in [-0.1, -0.05) is 48.6 Å². The highest BCUT2D eigenvalue weighted by molar-refractivity contribution is 5.92. The molecule has 3 heteroatoms. The molecule has 0 unspecified atom stereocenters. The van der Waals surface area contributed by atoms with Crippen LogP contribution in [0.5, 0.6) is 5.75 Å². The molecule has 116 valence electrons. The van der Waals surface area contributed by atoms with E-state index in [2.05, 4.69) is 6.58 Å². The van der Waals surface area contributed by atoms with Crippen molar-refractivity contribution in [2.45, 2.75) is 13.8 Å². The minimum absolute atomic E-state index is 0.343. The van der Waals surface area contributed by atoms with Gasteiger partial charge in [0.05, 0.1) is 5.39 Å². The molecule has 0 radical (unpaired) electrons. The topological polar surface area (TPSA) is 39.4 Å². The normalized spacial score (nSPS) is 10.7. The van der Waals surface area contributed by atoms with E-state index < -0.39 is 0 Å². The number of fused-ring (bicyclic) bond motifs is 1. The highest BCUT2D eigenvalue weighted by Crippen LogP contribution is 2.37. The summed E-state index contributed by atoms with van der Waals surface area (Å²) < 4.78 is 11.5. The maximum atomic E-state index is 12.4. The molecule has 3 rings (SSSR count). The van der Waals surface area contributed by atoms with Crippen LogP contribution < -0.4 is 10.4 Å². The van der Waals surface area contributed by atoms with Gasteiger partial charge in [0.15, 0.2) is 11.5 Å². The average molecular weight is 306 g/mol. The molecule has 0 aliphatic carbocycles. The Hall–Kier alpha value is -2.81. The van der Waals surface area contributed by atoms with E-state index in [9.17, 15) is 4.79 Å². The van der Waals surface area contributed by atoms with Crippen molar-refractivity contribution in [2.24, 2.45) is 0 Å². The van der Waals surface area contributed by atoms with Crippen LogP contribution in [0.3, 0.4) is 0 Å². The first-order valence-electron chi connectivity index (χ1n) is 7.49. The largest absolute Gasteiger partial charge is 0.485 e. The summed E-state index contributed by atoms with van der Waals surface area (Å²) in [6, 6.07) is 13.4. The molecule has 1 aromatic heterocycles. The fraction of sp³-hybridized carbons (Fsp3) is 0.150. The number of benzene rings is 2. The number of hydrogen-bond acceptors (Lipinski definition) is 3. The average Bonchev–Trinajstić information content (AvgIpc) is 2.56. The molecule has 23 heavy (non-hydrogen) atoms. The first-order valence-corrected chi connectivity index (χ1v) is 7.49. The maximum Gasteiger partial charge on any atom is 0.344 e. The van der Waals surface area contributed by atoms with Gasteiger partial charge in [-0.3, -0.25) is 0 Å². The molecule has 3 aromatic rings. The van der Waals surface area contributed by atoms with Crippen LogP contribution in [-0.2, 0) is 0 Å². The smallest absolute Gasteiger partial charge is 0.344 e. The second kappa shape index (κ2) is 6.13. The summed E-state index contributed by atoms with van der Waals surface area (Å²) in [7, 11) is 0. The maximum absolute atomic E-state index is 12.4.